The summed E-state index contributed by atoms with van der Waals surface area (Å²) in [4.78, 5) is 6.83. The fourth-order valence-electron chi connectivity index (χ4n) is 2.91. The van der Waals surface area contributed by atoms with Crippen molar-refractivity contribution < 1.29 is 4.74 Å². The number of nitrogens with one attached hydrogen (secondary N) is 1. The van der Waals surface area contributed by atoms with Crippen molar-refractivity contribution >= 4 is 21.9 Å². The Morgan fingerprint density at radius 2 is 1.95 bits per heavy atom. The predicted octanol–water partition coefficient (Wildman–Crippen LogP) is 2.37. The molecule has 1 N–H and O–H groups in total. The van der Waals surface area contributed by atoms with E-state index in [-0.39, 0.29) is 6.04 Å². The van der Waals surface area contributed by atoms with Gasteiger partial charge in [-0.05, 0) is 11.6 Å². The number of aliphatic imine (C=N–C) groups is 1. The Kier molecular flexibility index (Phi) is 3.73. The molecule has 0 amide bonds. The standard InChI is InChI=1S/C16H17BrN4O/c17-14-13-6-7-18-16(20-8-10-22-11-9-20)21(13)19-15(14)12-4-2-1-3-5-12/h1-7,15,19H,8-11H2. The average molecular weight is 361 g/mol. The first-order chi connectivity index (χ1) is 10.8. The highest BCUT2D eigenvalue weighted by atomic mass is 79.9. The van der Waals surface area contributed by atoms with Crippen LogP contribution >= 0.6 is 15.9 Å². The lowest BCUT2D eigenvalue weighted by molar-refractivity contribution is 0.0618. The van der Waals surface area contributed by atoms with E-state index in [1.165, 1.54) is 5.56 Å². The van der Waals surface area contributed by atoms with Crippen LogP contribution in [-0.4, -0.2) is 42.2 Å². The van der Waals surface area contributed by atoms with Gasteiger partial charge in [0.1, 0.15) is 0 Å². The van der Waals surface area contributed by atoms with Crippen LogP contribution in [0.4, 0.5) is 0 Å². The molecule has 6 heteroatoms. The predicted molar refractivity (Wildman–Crippen MR) is 89.1 cm³/mol. The Morgan fingerprint density at radius 3 is 2.73 bits per heavy atom. The fourth-order valence-corrected chi connectivity index (χ4v) is 3.59. The number of guanidine groups is 1. The van der Waals surface area contributed by atoms with Gasteiger partial charge in [-0.2, -0.15) is 0 Å². The summed E-state index contributed by atoms with van der Waals surface area (Å²) >= 11 is 3.76. The molecule has 22 heavy (non-hydrogen) atoms. The average Bonchev–Trinajstić information content (AvgIpc) is 2.94. The number of hydrogen-bond donors (Lipinski definition) is 1. The van der Waals surface area contributed by atoms with Crippen LogP contribution in [0.3, 0.4) is 0 Å². The van der Waals surface area contributed by atoms with Gasteiger partial charge in [0.05, 0.1) is 25.0 Å². The number of allylic oxidation sites excluding steroid dienone is 1. The molecule has 4 rings (SSSR count). The van der Waals surface area contributed by atoms with E-state index in [1.807, 2.05) is 18.3 Å². The first-order valence-electron chi connectivity index (χ1n) is 7.42. The minimum absolute atomic E-state index is 0.116. The van der Waals surface area contributed by atoms with Gasteiger partial charge in [-0.25, -0.2) is 15.4 Å². The smallest absolute Gasteiger partial charge is 0.220 e. The van der Waals surface area contributed by atoms with E-state index in [0.29, 0.717) is 0 Å². The van der Waals surface area contributed by atoms with Gasteiger partial charge in [0.25, 0.3) is 0 Å². The lowest BCUT2D eigenvalue weighted by atomic mass is 10.1. The third kappa shape index (κ3) is 2.37. The third-order valence-corrected chi connectivity index (χ3v) is 4.91. The SMILES string of the molecule is BrC1=C2C=CN=C(N3CCOCC3)N2NC1c1ccccc1. The number of ether oxygens (including phenoxy) is 1. The molecule has 114 valence electrons. The van der Waals surface area contributed by atoms with Crippen LogP contribution in [0.1, 0.15) is 11.6 Å². The van der Waals surface area contributed by atoms with Gasteiger partial charge in [0, 0.05) is 23.8 Å². The fraction of sp³-hybridized carbons (Fsp3) is 0.312. The van der Waals surface area contributed by atoms with E-state index in [0.717, 1.165) is 42.4 Å². The second-order valence-electron chi connectivity index (χ2n) is 5.39. The van der Waals surface area contributed by atoms with Gasteiger partial charge >= 0.3 is 0 Å². The van der Waals surface area contributed by atoms with E-state index >= 15 is 0 Å². The van der Waals surface area contributed by atoms with Gasteiger partial charge in [-0.15, -0.1) is 0 Å². The van der Waals surface area contributed by atoms with Gasteiger partial charge in [-0.3, -0.25) is 0 Å². The van der Waals surface area contributed by atoms with E-state index < -0.39 is 0 Å². The molecule has 0 bridgehead atoms. The molecule has 1 atom stereocenters. The molecule has 0 spiro atoms. The number of halogens is 1. The highest BCUT2D eigenvalue weighted by Gasteiger charge is 2.35. The topological polar surface area (TPSA) is 40.1 Å². The van der Waals surface area contributed by atoms with Crippen LogP contribution in [-0.2, 0) is 4.74 Å². The zero-order valence-electron chi connectivity index (χ0n) is 12.1. The highest BCUT2D eigenvalue weighted by molar-refractivity contribution is 9.11. The van der Waals surface area contributed by atoms with Crippen molar-refractivity contribution in [2.75, 3.05) is 26.3 Å². The van der Waals surface area contributed by atoms with E-state index in [4.69, 9.17) is 4.74 Å². The largest absolute Gasteiger partial charge is 0.378 e. The summed E-state index contributed by atoms with van der Waals surface area (Å²) in [5, 5.41) is 2.08. The lowest BCUT2D eigenvalue weighted by Gasteiger charge is -2.36. The molecule has 1 fully saturated rings. The minimum atomic E-state index is 0.116. The summed E-state index contributed by atoms with van der Waals surface area (Å²) in [7, 11) is 0. The molecular weight excluding hydrogens is 344 g/mol. The summed E-state index contributed by atoms with van der Waals surface area (Å²) < 4.78 is 6.57. The maximum absolute atomic E-state index is 5.44. The molecule has 0 saturated carbocycles. The zero-order chi connectivity index (χ0) is 14.9. The normalized spacial score (nSPS) is 24.6. The molecule has 1 unspecified atom stereocenters. The summed E-state index contributed by atoms with van der Waals surface area (Å²) in [5.41, 5.74) is 5.90. The van der Waals surface area contributed by atoms with Crippen LogP contribution in [0.15, 0.2) is 57.8 Å². The number of hydrogen-bond acceptors (Lipinski definition) is 5. The molecule has 1 aromatic rings. The summed E-state index contributed by atoms with van der Waals surface area (Å²) in [6.07, 6.45) is 3.90. The number of rotatable bonds is 1. The van der Waals surface area contributed by atoms with E-state index in [1.54, 1.807) is 0 Å². The molecule has 3 aliphatic heterocycles. The molecule has 0 aromatic heterocycles. The second-order valence-corrected chi connectivity index (χ2v) is 6.24. The summed E-state index contributed by atoms with van der Waals surface area (Å²) in [5.74, 6) is 0.941. The molecule has 1 aromatic carbocycles. The number of benzene rings is 1. The van der Waals surface area contributed by atoms with E-state index in [2.05, 4.69) is 60.5 Å². The number of morpholine rings is 1. The van der Waals surface area contributed by atoms with Crippen molar-refractivity contribution in [1.82, 2.24) is 15.3 Å². The first-order valence-corrected chi connectivity index (χ1v) is 8.22. The molecule has 0 aliphatic carbocycles. The third-order valence-electron chi connectivity index (χ3n) is 4.05. The van der Waals surface area contributed by atoms with Crippen molar-refractivity contribution in [3.8, 4) is 0 Å². The number of nitrogens with zero attached hydrogens (tertiary/aromatic N) is 3. The molecule has 3 heterocycles. The summed E-state index contributed by atoms with van der Waals surface area (Å²) in [6, 6.07) is 10.5. The molecule has 1 saturated heterocycles. The van der Waals surface area contributed by atoms with E-state index in [9.17, 15) is 0 Å². The zero-order valence-corrected chi connectivity index (χ0v) is 13.7. The van der Waals surface area contributed by atoms with Crippen molar-refractivity contribution in [1.29, 1.82) is 0 Å². The van der Waals surface area contributed by atoms with Crippen molar-refractivity contribution in [2.24, 2.45) is 4.99 Å². The van der Waals surface area contributed by atoms with Crippen molar-refractivity contribution in [3.63, 3.8) is 0 Å². The van der Waals surface area contributed by atoms with Gasteiger partial charge in [0.15, 0.2) is 0 Å². The van der Waals surface area contributed by atoms with Gasteiger partial charge in [-0.1, -0.05) is 46.3 Å². The van der Waals surface area contributed by atoms with Crippen LogP contribution < -0.4 is 5.43 Å². The van der Waals surface area contributed by atoms with Crippen LogP contribution in [0.25, 0.3) is 0 Å². The Bertz CT molecular complexity index is 649. The Morgan fingerprint density at radius 1 is 1.18 bits per heavy atom. The van der Waals surface area contributed by atoms with Crippen molar-refractivity contribution in [3.05, 3.63) is 58.4 Å². The van der Waals surface area contributed by atoms with Gasteiger partial charge in [0.2, 0.25) is 5.96 Å². The van der Waals surface area contributed by atoms with Crippen LogP contribution in [0, 0.1) is 0 Å². The Balaban J connectivity index is 1.64. The molecule has 5 nitrogen and oxygen atoms in total. The maximum Gasteiger partial charge on any atom is 0.220 e. The molecule has 0 radical (unpaired) electrons. The first kappa shape index (κ1) is 14.0. The van der Waals surface area contributed by atoms with Crippen LogP contribution in [0.2, 0.25) is 0 Å². The Labute approximate surface area is 138 Å². The number of fused-ring (bicyclic) bond motifs is 1. The molecular formula is C16H17BrN4O. The highest BCUT2D eigenvalue weighted by Crippen LogP contribution is 2.38. The molecule has 3 aliphatic rings. The lowest BCUT2D eigenvalue weighted by Crippen LogP contribution is -2.52. The second kappa shape index (κ2) is 5.87. The maximum atomic E-state index is 5.44. The minimum Gasteiger partial charge on any atom is -0.378 e. The number of hydrazine groups is 1. The quantitative estimate of drug-likeness (QED) is 0.834. The van der Waals surface area contributed by atoms with Crippen molar-refractivity contribution in [2.45, 2.75) is 6.04 Å². The van der Waals surface area contributed by atoms with Crippen LogP contribution in [0.5, 0.6) is 0 Å². The van der Waals surface area contributed by atoms with Gasteiger partial charge < -0.3 is 9.64 Å². The summed E-state index contributed by atoms with van der Waals surface area (Å²) in [6.45, 7) is 3.23. The Hall–Kier alpha value is -1.63. The monoisotopic (exact) mass is 360 g/mol.